The number of halogens is 1. The summed E-state index contributed by atoms with van der Waals surface area (Å²) in [6, 6.07) is 5.90. The lowest BCUT2D eigenvalue weighted by molar-refractivity contribution is -0.136. The van der Waals surface area contributed by atoms with Crippen LogP contribution in [0.25, 0.3) is 0 Å². The third-order valence-electron chi connectivity index (χ3n) is 3.34. The average molecular weight is 268 g/mol. The van der Waals surface area contributed by atoms with Crippen molar-refractivity contribution in [1.82, 2.24) is 0 Å². The second-order valence-corrected chi connectivity index (χ2v) is 5.13. The topological polar surface area (TPSA) is 40.5 Å². The fraction of sp³-hybridized carbons (Fsp3) is 0.500. The van der Waals surface area contributed by atoms with Crippen LogP contribution in [-0.2, 0) is 11.2 Å². The summed E-state index contributed by atoms with van der Waals surface area (Å²) in [5.41, 5.74) is 2.07. The van der Waals surface area contributed by atoms with Gasteiger partial charge in [0, 0.05) is 19.5 Å². The number of hydrogen-bond acceptors (Lipinski definition) is 2. The highest BCUT2D eigenvalue weighted by Gasteiger charge is 2.14. The van der Waals surface area contributed by atoms with Gasteiger partial charge in [-0.25, -0.2) is 0 Å². The first-order valence-electron chi connectivity index (χ1n) is 6.42. The van der Waals surface area contributed by atoms with Crippen LogP contribution in [0.3, 0.4) is 0 Å². The molecular formula is C14H18ClNO2. The first-order valence-corrected chi connectivity index (χ1v) is 6.80. The molecule has 3 nitrogen and oxygen atoms in total. The summed E-state index contributed by atoms with van der Waals surface area (Å²) in [5, 5.41) is 9.40. The Hall–Kier alpha value is -1.22. The molecule has 0 aliphatic carbocycles. The second kappa shape index (κ2) is 6.10. The number of benzene rings is 1. The van der Waals surface area contributed by atoms with Crippen molar-refractivity contribution in [1.29, 1.82) is 0 Å². The number of piperidine rings is 1. The fourth-order valence-corrected chi connectivity index (χ4v) is 2.67. The molecule has 0 atom stereocenters. The molecule has 0 amide bonds. The maximum Gasteiger partial charge on any atom is 0.303 e. The molecule has 0 unspecified atom stereocenters. The van der Waals surface area contributed by atoms with Crippen LogP contribution in [0.15, 0.2) is 18.2 Å². The minimum Gasteiger partial charge on any atom is -0.481 e. The fourth-order valence-electron chi connectivity index (χ4n) is 2.35. The lowest BCUT2D eigenvalue weighted by Gasteiger charge is -2.29. The monoisotopic (exact) mass is 267 g/mol. The highest BCUT2D eigenvalue weighted by atomic mass is 35.5. The number of carbonyl (C=O) groups is 1. The van der Waals surface area contributed by atoms with E-state index >= 15 is 0 Å². The highest BCUT2D eigenvalue weighted by Crippen LogP contribution is 2.29. The van der Waals surface area contributed by atoms with Crippen LogP contribution in [-0.4, -0.2) is 24.2 Å². The first-order chi connectivity index (χ1) is 8.66. The van der Waals surface area contributed by atoms with Crippen molar-refractivity contribution in [3.05, 3.63) is 28.8 Å². The van der Waals surface area contributed by atoms with Crippen LogP contribution in [0, 0.1) is 0 Å². The molecule has 1 aliphatic rings. The maximum absolute atomic E-state index is 10.5. The van der Waals surface area contributed by atoms with E-state index in [4.69, 9.17) is 16.7 Å². The Bertz CT molecular complexity index is 428. The summed E-state index contributed by atoms with van der Waals surface area (Å²) in [6.07, 6.45) is 4.42. The zero-order valence-corrected chi connectivity index (χ0v) is 11.1. The number of anilines is 1. The average Bonchev–Trinajstić information content (AvgIpc) is 2.37. The molecule has 0 spiro atoms. The van der Waals surface area contributed by atoms with E-state index in [1.165, 1.54) is 19.3 Å². The van der Waals surface area contributed by atoms with E-state index in [2.05, 4.69) is 4.90 Å². The number of aryl methyl sites for hydroxylation is 1. The van der Waals surface area contributed by atoms with Gasteiger partial charge in [-0.3, -0.25) is 4.79 Å². The Morgan fingerprint density at radius 1 is 1.28 bits per heavy atom. The molecular weight excluding hydrogens is 250 g/mol. The number of rotatable bonds is 4. The Labute approximate surface area is 112 Å². The predicted octanol–water partition coefficient (Wildman–Crippen LogP) is 3.35. The van der Waals surface area contributed by atoms with Gasteiger partial charge in [0.2, 0.25) is 0 Å². The molecule has 2 rings (SSSR count). The number of aliphatic carboxylic acids is 1. The zero-order chi connectivity index (χ0) is 13.0. The Morgan fingerprint density at radius 3 is 2.61 bits per heavy atom. The van der Waals surface area contributed by atoms with Gasteiger partial charge in [-0.05, 0) is 43.4 Å². The van der Waals surface area contributed by atoms with Gasteiger partial charge < -0.3 is 10.0 Å². The van der Waals surface area contributed by atoms with Gasteiger partial charge in [-0.1, -0.05) is 17.7 Å². The summed E-state index contributed by atoms with van der Waals surface area (Å²) >= 11 is 6.29. The zero-order valence-electron chi connectivity index (χ0n) is 10.4. The molecule has 4 heteroatoms. The van der Waals surface area contributed by atoms with E-state index in [9.17, 15) is 4.79 Å². The molecule has 0 radical (unpaired) electrons. The molecule has 1 fully saturated rings. The molecule has 1 aromatic carbocycles. The molecule has 1 N–H and O–H groups in total. The predicted molar refractivity (Wildman–Crippen MR) is 73.5 cm³/mol. The molecule has 0 saturated carbocycles. The first kappa shape index (κ1) is 13.2. The third-order valence-corrected chi connectivity index (χ3v) is 3.64. The maximum atomic E-state index is 10.5. The van der Waals surface area contributed by atoms with Crippen molar-refractivity contribution in [2.24, 2.45) is 0 Å². The van der Waals surface area contributed by atoms with Crippen LogP contribution in [0.1, 0.15) is 31.2 Å². The van der Waals surface area contributed by atoms with Gasteiger partial charge in [-0.2, -0.15) is 0 Å². The smallest absolute Gasteiger partial charge is 0.303 e. The largest absolute Gasteiger partial charge is 0.481 e. The summed E-state index contributed by atoms with van der Waals surface area (Å²) in [5.74, 6) is -0.772. The van der Waals surface area contributed by atoms with Crippen molar-refractivity contribution in [3.8, 4) is 0 Å². The van der Waals surface area contributed by atoms with Crippen LogP contribution in [0.4, 0.5) is 5.69 Å². The SMILES string of the molecule is O=C(O)CCc1ccc(N2CCCCC2)c(Cl)c1. The summed E-state index contributed by atoms with van der Waals surface area (Å²) in [6.45, 7) is 2.13. The number of carboxylic acid groups (broad SMARTS) is 1. The van der Waals surface area contributed by atoms with Crippen LogP contribution >= 0.6 is 11.6 Å². The molecule has 0 aromatic heterocycles. The van der Waals surface area contributed by atoms with E-state index in [0.29, 0.717) is 6.42 Å². The number of carboxylic acids is 1. The van der Waals surface area contributed by atoms with Gasteiger partial charge >= 0.3 is 5.97 Å². The number of nitrogens with zero attached hydrogens (tertiary/aromatic N) is 1. The molecule has 1 aliphatic heterocycles. The molecule has 98 valence electrons. The van der Waals surface area contributed by atoms with Crippen LogP contribution < -0.4 is 4.90 Å². The van der Waals surface area contributed by atoms with Crippen molar-refractivity contribution >= 4 is 23.3 Å². The van der Waals surface area contributed by atoms with Crippen LogP contribution in [0.5, 0.6) is 0 Å². The molecule has 1 aromatic rings. The van der Waals surface area contributed by atoms with E-state index in [-0.39, 0.29) is 6.42 Å². The molecule has 18 heavy (non-hydrogen) atoms. The molecule has 1 heterocycles. The standard InChI is InChI=1S/C14H18ClNO2/c15-12-10-11(5-7-14(17)18)4-6-13(12)16-8-2-1-3-9-16/h4,6,10H,1-3,5,7-9H2,(H,17,18). The summed E-state index contributed by atoms with van der Waals surface area (Å²) in [4.78, 5) is 12.8. The Kier molecular flexibility index (Phi) is 4.48. The van der Waals surface area contributed by atoms with Crippen molar-refractivity contribution in [2.45, 2.75) is 32.1 Å². The lowest BCUT2D eigenvalue weighted by Crippen LogP contribution is -2.29. The highest BCUT2D eigenvalue weighted by molar-refractivity contribution is 6.33. The third kappa shape index (κ3) is 3.39. The minimum atomic E-state index is -0.772. The number of hydrogen-bond donors (Lipinski definition) is 1. The van der Waals surface area contributed by atoms with Gasteiger partial charge in [0.15, 0.2) is 0 Å². The Balaban J connectivity index is 2.06. The van der Waals surface area contributed by atoms with Crippen molar-refractivity contribution in [2.75, 3.05) is 18.0 Å². The summed E-state index contributed by atoms with van der Waals surface area (Å²) in [7, 11) is 0. The van der Waals surface area contributed by atoms with Gasteiger partial charge in [0.05, 0.1) is 10.7 Å². The van der Waals surface area contributed by atoms with Crippen molar-refractivity contribution < 1.29 is 9.90 Å². The molecule has 1 saturated heterocycles. The van der Waals surface area contributed by atoms with Gasteiger partial charge in [0.25, 0.3) is 0 Å². The minimum absolute atomic E-state index is 0.152. The van der Waals surface area contributed by atoms with Crippen LogP contribution in [0.2, 0.25) is 5.02 Å². The van der Waals surface area contributed by atoms with Gasteiger partial charge in [0.1, 0.15) is 0 Å². The molecule has 0 bridgehead atoms. The second-order valence-electron chi connectivity index (χ2n) is 4.73. The van der Waals surface area contributed by atoms with E-state index < -0.39 is 5.97 Å². The summed E-state index contributed by atoms with van der Waals surface area (Å²) < 4.78 is 0. The van der Waals surface area contributed by atoms with Crippen molar-refractivity contribution in [3.63, 3.8) is 0 Å². The van der Waals surface area contributed by atoms with E-state index in [0.717, 1.165) is 29.4 Å². The Morgan fingerprint density at radius 2 is 2.00 bits per heavy atom. The quantitative estimate of drug-likeness (QED) is 0.910. The van der Waals surface area contributed by atoms with E-state index in [1.54, 1.807) is 0 Å². The normalized spacial score (nSPS) is 15.7. The van der Waals surface area contributed by atoms with Gasteiger partial charge in [-0.15, -0.1) is 0 Å². The lowest BCUT2D eigenvalue weighted by atomic mass is 10.1. The van der Waals surface area contributed by atoms with E-state index in [1.807, 2.05) is 18.2 Å².